The number of fused-ring (bicyclic) bond motifs is 1. The number of halogens is 1. The van der Waals surface area contributed by atoms with Gasteiger partial charge >= 0.3 is 0 Å². The van der Waals surface area contributed by atoms with Crippen LogP contribution >= 0.6 is 23.4 Å². The molecule has 0 aliphatic carbocycles. The van der Waals surface area contributed by atoms with Gasteiger partial charge in [-0.05, 0) is 49.4 Å². The number of thioether (sulfide) groups is 1. The number of aromatic nitrogens is 1. The third-order valence-electron chi connectivity index (χ3n) is 4.95. The van der Waals surface area contributed by atoms with Crippen LogP contribution in [0.5, 0.6) is 0 Å². The predicted molar refractivity (Wildman–Crippen MR) is 114 cm³/mol. The van der Waals surface area contributed by atoms with Crippen LogP contribution in [-0.4, -0.2) is 48.4 Å². The van der Waals surface area contributed by atoms with E-state index in [9.17, 15) is 0 Å². The Morgan fingerprint density at radius 1 is 0.962 bits per heavy atom. The Hall–Kier alpha value is -1.62. The molecule has 0 amide bonds. The molecule has 1 fully saturated rings. The Morgan fingerprint density at radius 2 is 1.73 bits per heavy atom. The van der Waals surface area contributed by atoms with E-state index in [1.165, 1.54) is 34.6 Å². The van der Waals surface area contributed by atoms with Crippen molar-refractivity contribution in [2.24, 2.45) is 0 Å². The van der Waals surface area contributed by atoms with Gasteiger partial charge in [0.05, 0.1) is 5.03 Å². The summed E-state index contributed by atoms with van der Waals surface area (Å²) in [5.41, 5.74) is 2.51. The first-order valence-corrected chi connectivity index (χ1v) is 10.6. The van der Waals surface area contributed by atoms with Gasteiger partial charge in [-0.2, -0.15) is 0 Å². The molecule has 0 spiro atoms. The molecule has 1 N–H and O–H groups in total. The van der Waals surface area contributed by atoms with Crippen molar-refractivity contribution in [3.63, 3.8) is 0 Å². The molecule has 136 valence electrons. The van der Waals surface area contributed by atoms with Crippen molar-refractivity contribution in [1.82, 2.24) is 9.88 Å². The number of anilines is 1. The first-order chi connectivity index (χ1) is 12.8. The van der Waals surface area contributed by atoms with Gasteiger partial charge in [-0.15, -0.1) is 11.8 Å². The molecule has 1 saturated heterocycles. The van der Waals surface area contributed by atoms with Crippen molar-refractivity contribution in [1.29, 1.82) is 0 Å². The standard InChI is InChI=1S/C21H24ClN3S/c22-18-6-8-19(9-7-18)25-13-11-24(12-14-25)10-3-15-26-21-16-17-4-1-2-5-20(17)23-21/h1-2,4-9,16,23H,3,10-15H2. The monoisotopic (exact) mass is 385 g/mol. The summed E-state index contributed by atoms with van der Waals surface area (Å²) in [6.07, 6.45) is 1.22. The lowest BCUT2D eigenvalue weighted by molar-refractivity contribution is 0.259. The molecule has 3 nitrogen and oxygen atoms in total. The fraction of sp³-hybridized carbons (Fsp3) is 0.333. The van der Waals surface area contributed by atoms with E-state index < -0.39 is 0 Å². The van der Waals surface area contributed by atoms with Crippen molar-refractivity contribution in [2.75, 3.05) is 43.4 Å². The van der Waals surface area contributed by atoms with Crippen LogP contribution in [0.3, 0.4) is 0 Å². The maximum Gasteiger partial charge on any atom is 0.0732 e. The second-order valence-corrected chi connectivity index (χ2v) is 8.30. The third kappa shape index (κ3) is 4.37. The molecule has 4 rings (SSSR count). The van der Waals surface area contributed by atoms with Gasteiger partial charge in [0.2, 0.25) is 0 Å². The summed E-state index contributed by atoms with van der Waals surface area (Å²) in [5, 5.41) is 3.38. The smallest absolute Gasteiger partial charge is 0.0732 e. The number of benzene rings is 2. The van der Waals surface area contributed by atoms with E-state index >= 15 is 0 Å². The number of hydrogen-bond acceptors (Lipinski definition) is 3. The molecule has 2 heterocycles. The minimum Gasteiger partial charge on any atom is -0.369 e. The van der Waals surface area contributed by atoms with Crippen molar-refractivity contribution in [2.45, 2.75) is 11.4 Å². The quantitative estimate of drug-likeness (QED) is 0.470. The maximum atomic E-state index is 5.98. The van der Waals surface area contributed by atoms with Gasteiger partial charge in [-0.1, -0.05) is 29.8 Å². The van der Waals surface area contributed by atoms with Crippen LogP contribution in [0, 0.1) is 0 Å². The fourth-order valence-corrected chi connectivity index (χ4v) is 4.49. The van der Waals surface area contributed by atoms with Crippen LogP contribution in [0.1, 0.15) is 6.42 Å². The topological polar surface area (TPSA) is 22.3 Å². The largest absolute Gasteiger partial charge is 0.369 e. The minimum absolute atomic E-state index is 0.805. The second kappa shape index (κ2) is 8.38. The summed E-state index contributed by atoms with van der Waals surface area (Å²) in [4.78, 5) is 8.53. The predicted octanol–water partition coefficient (Wildman–Crippen LogP) is 5.13. The molecule has 1 aliphatic rings. The number of nitrogens with one attached hydrogen (secondary N) is 1. The highest BCUT2D eigenvalue weighted by atomic mass is 35.5. The summed E-state index contributed by atoms with van der Waals surface area (Å²) in [5.74, 6) is 1.16. The molecule has 0 radical (unpaired) electrons. The molecular weight excluding hydrogens is 362 g/mol. The van der Waals surface area contributed by atoms with Gasteiger partial charge in [0, 0.05) is 53.5 Å². The summed E-state index contributed by atoms with van der Waals surface area (Å²) in [6, 6.07) is 18.9. The van der Waals surface area contributed by atoms with Crippen molar-refractivity contribution in [3.8, 4) is 0 Å². The Morgan fingerprint density at radius 3 is 2.50 bits per heavy atom. The Bertz CT molecular complexity index is 805. The molecule has 0 atom stereocenters. The van der Waals surface area contributed by atoms with Crippen LogP contribution < -0.4 is 4.90 Å². The number of para-hydroxylation sites is 1. The first kappa shape index (κ1) is 17.8. The van der Waals surface area contributed by atoms with Crippen molar-refractivity contribution < 1.29 is 0 Å². The number of H-pyrrole nitrogens is 1. The molecule has 1 aromatic heterocycles. The second-order valence-electron chi connectivity index (χ2n) is 6.73. The zero-order valence-electron chi connectivity index (χ0n) is 14.8. The number of hydrogen-bond donors (Lipinski definition) is 1. The van der Waals surface area contributed by atoms with Crippen LogP contribution in [0.15, 0.2) is 59.6 Å². The van der Waals surface area contributed by atoms with E-state index in [4.69, 9.17) is 11.6 Å². The Kier molecular flexibility index (Phi) is 5.73. The van der Waals surface area contributed by atoms with Gasteiger partial charge < -0.3 is 9.88 Å². The van der Waals surface area contributed by atoms with Gasteiger partial charge in [0.1, 0.15) is 0 Å². The summed E-state index contributed by atoms with van der Waals surface area (Å²) >= 11 is 7.91. The van der Waals surface area contributed by atoms with Crippen LogP contribution in [0.4, 0.5) is 5.69 Å². The van der Waals surface area contributed by atoms with Gasteiger partial charge in [-0.25, -0.2) is 0 Å². The van der Waals surface area contributed by atoms with E-state index in [1.54, 1.807) is 0 Å². The van der Waals surface area contributed by atoms with Gasteiger partial charge in [0.25, 0.3) is 0 Å². The van der Waals surface area contributed by atoms with Crippen LogP contribution in [0.2, 0.25) is 5.02 Å². The lowest BCUT2D eigenvalue weighted by atomic mass is 10.2. The van der Waals surface area contributed by atoms with Gasteiger partial charge in [-0.3, -0.25) is 4.90 Å². The van der Waals surface area contributed by atoms with E-state index in [0.717, 1.165) is 37.0 Å². The Labute approximate surface area is 164 Å². The van der Waals surface area contributed by atoms with E-state index in [1.807, 2.05) is 23.9 Å². The van der Waals surface area contributed by atoms with E-state index in [0.29, 0.717) is 0 Å². The van der Waals surface area contributed by atoms with Crippen molar-refractivity contribution >= 4 is 40.0 Å². The average molecular weight is 386 g/mol. The molecule has 5 heteroatoms. The highest BCUT2D eigenvalue weighted by Gasteiger charge is 2.16. The normalized spacial score (nSPS) is 15.7. The molecule has 3 aromatic rings. The van der Waals surface area contributed by atoms with Crippen LogP contribution in [-0.2, 0) is 0 Å². The van der Waals surface area contributed by atoms with E-state index in [2.05, 4.69) is 57.2 Å². The average Bonchev–Trinajstić information content (AvgIpc) is 3.09. The highest BCUT2D eigenvalue weighted by Crippen LogP contribution is 2.24. The number of nitrogens with zero attached hydrogens (tertiary/aromatic N) is 2. The van der Waals surface area contributed by atoms with Crippen LogP contribution in [0.25, 0.3) is 10.9 Å². The molecule has 1 aliphatic heterocycles. The lowest BCUT2D eigenvalue weighted by Crippen LogP contribution is -2.46. The zero-order chi connectivity index (χ0) is 17.8. The molecule has 0 bridgehead atoms. The molecule has 0 saturated carbocycles. The summed E-state index contributed by atoms with van der Waals surface area (Å²) in [7, 11) is 0. The first-order valence-electron chi connectivity index (χ1n) is 9.21. The van der Waals surface area contributed by atoms with E-state index in [-0.39, 0.29) is 0 Å². The number of rotatable bonds is 6. The molecule has 26 heavy (non-hydrogen) atoms. The number of piperazine rings is 1. The van der Waals surface area contributed by atoms with Crippen molar-refractivity contribution in [3.05, 3.63) is 59.6 Å². The summed E-state index contributed by atoms with van der Waals surface area (Å²) in [6.45, 7) is 5.65. The molecule has 0 unspecified atom stereocenters. The highest BCUT2D eigenvalue weighted by molar-refractivity contribution is 7.99. The fourth-order valence-electron chi connectivity index (χ4n) is 3.48. The minimum atomic E-state index is 0.805. The number of aromatic amines is 1. The van der Waals surface area contributed by atoms with Gasteiger partial charge in [0.15, 0.2) is 0 Å². The molecule has 2 aromatic carbocycles. The molecular formula is C21H24ClN3S. The zero-order valence-corrected chi connectivity index (χ0v) is 16.4. The lowest BCUT2D eigenvalue weighted by Gasteiger charge is -2.36. The maximum absolute atomic E-state index is 5.98. The SMILES string of the molecule is Clc1ccc(N2CCN(CCCSc3cc4ccccc4[nH]3)CC2)cc1. The summed E-state index contributed by atoms with van der Waals surface area (Å²) < 4.78 is 0. The Balaban J connectivity index is 1.18. The third-order valence-corrected chi connectivity index (χ3v) is 6.22.